The average molecular weight is 355 g/mol. The summed E-state index contributed by atoms with van der Waals surface area (Å²) in [4.78, 5) is 12.8. The second-order valence-corrected chi connectivity index (χ2v) is 7.15. The highest BCUT2D eigenvalue weighted by Crippen LogP contribution is 2.33. The molecule has 0 bridgehead atoms. The van der Waals surface area contributed by atoms with Gasteiger partial charge in [0.2, 0.25) is 5.95 Å². The van der Waals surface area contributed by atoms with Crippen LogP contribution in [0.25, 0.3) is 11.2 Å². The number of aromatic nitrogens is 4. The summed E-state index contributed by atoms with van der Waals surface area (Å²) in [5, 5.41) is 30.0. The molecule has 5 N–H and O–H groups in total. The molecule has 4 atom stereocenters. The van der Waals surface area contributed by atoms with Gasteiger partial charge in [-0.05, 0) is 5.92 Å². The van der Waals surface area contributed by atoms with Crippen LogP contribution in [0.2, 0.25) is 0 Å². The predicted octanol–water partition coefficient (Wildman–Crippen LogP) is -0.232. The molecule has 24 heavy (non-hydrogen) atoms. The molecule has 1 saturated heterocycles. The lowest BCUT2D eigenvalue weighted by atomic mass is 10.1. The van der Waals surface area contributed by atoms with E-state index in [1.807, 2.05) is 0 Å². The minimum absolute atomic E-state index is 0.0993. The standard InChI is InChI=1S/C14H21N5O4S/c1-6(2)4-24-12-8-11(17-14(15)18-12)19(5-16-8)13-10(22)9(21)7(3-20)23-13/h5-7,9-10,13,20-22H,3-4H2,1-2H3,(H2,15,17,18)/t7-,9+,10+,13+/m0/s1. The summed E-state index contributed by atoms with van der Waals surface area (Å²) in [5.74, 6) is 1.43. The molecule has 0 unspecified atom stereocenters. The lowest BCUT2D eigenvalue weighted by molar-refractivity contribution is -0.0511. The Kier molecular flexibility index (Phi) is 4.92. The zero-order valence-corrected chi connectivity index (χ0v) is 14.2. The van der Waals surface area contributed by atoms with Crippen molar-refractivity contribution in [1.29, 1.82) is 0 Å². The Hall–Kier alpha value is -1.46. The van der Waals surface area contributed by atoms with Crippen LogP contribution in [0, 0.1) is 5.92 Å². The maximum atomic E-state index is 10.2. The van der Waals surface area contributed by atoms with Crippen molar-refractivity contribution < 1.29 is 20.1 Å². The first kappa shape index (κ1) is 17.4. The van der Waals surface area contributed by atoms with Crippen molar-refractivity contribution in [1.82, 2.24) is 19.5 Å². The monoisotopic (exact) mass is 355 g/mol. The Bertz CT molecular complexity index is 724. The molecule has 0 aromatic carbocycles. The number of nitrogen functional groups attached to an aromatic ring is 1. The number of rotatable bonds is 5. The van der Waals surface area contributed by atoms with E-state index in [1.165, 1.54) is 22.7 Å². The lowest BCUT2D eigenvalue weighted by Gasteiger charge is -2.16. The van der Waals surface area contributed by atoms with Gasteiger partial charge in [-0.1, -0.05) is 13.8 Å². The van der Waals surface area contributed by atoms with Crippen molar-refractivity contribution in [2.24, 2.45) is 5.92 Å². The first-order valence-electron chi connectivity index (χ1n) is 7.67. The number of imidazole rings is 1. The van der Waals surface area contributed by atoms with Gasteiger partial charge in [0, 0.05) is 5.75 Å². The van der Waals surface area contributed by atoms with Crippen LogP contribution in [0.4, 0.5) is 5.95 Å². The smallest absolute Gasteiger partial charge is 0.223 e. The molecule has 0 radical (unpaired) electrons. The number of hydrogen-bond acceptors (Lipinski definition) is 9. The van der Waals surface area contributed by atoms with E-state index >= 15 is 0 Å². The molecule has 9 nitrogen and oxygen atoms in total. The summed E-state index contributed by atoms with van der Waals surface area (Å²) in [6, 6.07) is 0. The molecule has 2 aromatic rings. The minimum Gasteiger partial charge on any atom is -0.394 e. The van der Waals surface area contributed by atoms with Gasteiger partial charge in [-0.2, -0.15) is 4.98 Å². The maximum Gasteiger partial charge on any atom is 0.223 e. The molecule has 1 fully saturated rings. The largest absolute Gasteiger partial charge is 0.394 e. The zero-order chi connectivity index (χ0) is 17.4. The van der Waals surface area contributed by atoms with E-state index in [0.29, 0.717) is 22.1 Å². The third kappa shape index (κ3) is 3.07. The Morgan fingerprint density at radius 1 is 1.33 bits per heavy atom. The third-order valence-corrected chi connectivity index (χ3v) is 5.14. The molecule has 1 aliphatic heterocycles. The fraction of sp³-hybridized carbons (Fsp3) is 0.643. The van der Waals surface area contributed by atoms with Crippen molar-refractivity contribution in [2.45, 2.75) is 43.4 Å². The molecule has 3 heterocycles. The molecule has 0 amide bonds. The van der Waals surface area contributed by atoms with E-state index in [4.69, 9.17) is 10.5 Å². The van der Waals surface area contributed by atoms with Gasteiger partial charge >= 0.3 is 0 Å². The Labute approximate surface area is 142 Å². The molecule has 0 aliphatic carbocycles. The van der Waals surface area contributed by atoms with Gasteiger partial charge in [-0.25, -0.2) is 9.97 Å². The number of thioether (sulfide) groups is 1. The molecule has 1 aliphatic rings. The molecule has 2 aromatic heterocycles. The van der Waals surface area contributed by atoms with E-state index in [2.05, 4.69) is 28.8 Å². The molecule has 0 saturated carbocycles. The minimum atomic E-state index is -1.21. The second kappa shape index (κ2) is 6.81. The van der Waals surface area contributed by atoms with Crippen molar-refractivity contribution in [3.8, 4) is 0 Å². The van der Waals surface area contributed by atoms with E-state index in [0.717, 1.165) is 5.75 Å². The summed E-state index contributed by atoms with van der Waals surface area (Å²) in [6.45, 7) is 3.81. The number of nitrogens with zero attached hydrogens (tertiary/aromatic N) is 4. The summed E-state index contributed by atoms with van der Waals surface area (Å²) >= 11 is 1.53. The van der Waals surface area contributed by atoms with Crippen molar-refractivity contribution in [2.75, 3.05) is 18.1 Å². The molecule has 0 spiro atoms. The van der Waals surface area contributed by atoms with E-state index in [9.17, 15) is 15.3 Å². The van der Waals surface area contributed by atoms with Crippen LogP contribution in [0.3, 0.4) is 0 Å². The van der Waals surface area contributed by atoms with Crippen LogP contribution in [0.5, 0.6) is 0 Å². The molecular formula is C14H21N5O4S. The highest BCUT2D eigenvalue weighted by atomic mass is 32.2. The number of ether oxygens (including phenoxy) is 1. The Morgan fingerprint density at radius 3 is 2.71 bits per heavy atom. The highest BCUT2D eigenvalue weighted by molar-refractivity contribution is 7.99. The van der Waals surface area contributed by atoms with Gasteiger partial charge < -0.3 is 25.8 Å². The number of hydrogen-bond donors (Lipinski definition) is 4. The number of aliphatic hydroxyl groups is 3. The lowest BCUT2D eigenvalue weighted by Crippen LogP contribution is -2.33. The molecular weight excluding hydrogens is 334 g/mol. The van der Waals surface area contributed by atoms with Crippen LogP contribution < -0.4 is 5.73 Å². The average Bonchev–Trinajstić information content (AvgIpc) is 3.07. The van der Waals surface area contributed by atoms with Gasteiger partial charge in [0.1, 0.15) is 28.9 Å². The summed E-state index contributed by atoms with van der Waals surface area (Å²) in [5.41, 5.74) is 6.79. The number of fused-ring (bicyclic) bond motifs is 1. The van der Waals surface area contributed by atoms with Crippen molar-refractivity contribution in [3.63, 3.8) is 0 Å². The maximum absolute atomic E-state index is 10.2. The van der Waals surface area contributed by atoms with Crippen LogP contribution >= 0.6 is 11.8 Å². The van der Waals surface area contributed by atoms with Crippen molar-refractivity contribution in [3.05, 3.63) is 6.33 Å². The normalized spacial score (nSPS) is 27.4. The topological polar surface area (TPSA) is 140 Å². The first-order valence-corrected chi connectivity index (χ1v) is 8.66. The predicted molar refractivity (Wildman–Crippen MR) is 88.3 cm³/mol. The third-order valence-electron chi connectivity index (χ3n) is 3.75. The van der Waals surface area contributed by atoms with Gasteiger partial charge in [0.15, 0.2) is 11.9 Å². The SMILES string of the molecule is CC(C)CSc1nc(N)nc2c1ncn2[C@@H]1O[C@@H](CO)[C@@H](O)[C@H]1O. The van der Waals surface area contributed by atoms with Gasteiger partial charge in [-0.15, -0.1) is 11.8 Å². The fourth-order valence-electron chi connectivity index (χ4n) is 2.55. The summed E-state index contributed by atoms with van der Waals surface area (Å²) in [7, 11) is 0. The number of nitrogens with two attached hydrogens (primary N) is 1. The van der Waals surface area contributed by atoms with Crippen molar-refractivity contribution >= 4 is 28.9 Å². The van der Waals surface area contributed by atoms with E-state index in [-0.39, 0.29) is 5.95 Å². The number of anilines is 1. The van der Waals surface area contributed by atoms with Gasteiger partial charge in [0.05, 0.1) is 12.9 Å². The zero-order valence-electron chi connectivity index (χ0n) is 13.4. The molecule has 10 heteroatoms. The molecule has 3 rings (SSSR count). The van der Waals surface area contributed by atoms with Gasteiger partial charge in [-0.3, -0.25) is 4.57 Å². The van der Waals surface area contributed by atoms with Crippen LogP contribution in [0.1, 0.15) is 20.1 Å². The quantitative estimate of drug-likeness (QED) is 0.423. The van der Waals surface area contributed by atoms with E-state index in [1.54, 1.807) is 0 Å². The first-order chi connectivity index (χ1) is 11.4. The number of aliphatic hydroxyl groups excluding tert-OH is 3. The van der Waals surface area contributed by atoms with Crippen LogP contribution in [-0.2, 0) is 4.74 Å². The Morgan fingerprint density at radius 2 is 2.08 bits per heavy atom. The Balaban J connectivity index is 1.98. The highest BCUT2D eigenvalue weighted by Gasteiger charge is 2.44. The van der Waals surface area contributed by atoms with E-state index < -0.39 is 31.1 Å². The second-order valence-electron chi connectivity index (χ2n) is 6.14. The summed E-state index contributed by atoms with van der Waals surface area (Å²) in [6.07, 6.45) is -2.69. The van der Waals surface area contributed by atoms with Crippen LogP contribution in [0.15, 0.2) is 11.4 Å². The van der Waals surface area contributed by atoms with Crippen LogP contribution in [-0.4, -0.2) is 65.5 Å². The van der Waals surface area contributed by atoms with Gasteiger partial charge in [0.25, 0.3) is 0 Å². The molecule has 132 valence electrons. The summed E-state index contributed by atoms with van der Waals surface area (Å²) < 4.78 is 7.04. The fourth-order valence-corrected chi connectivity index (χ4v) is 3.48.